The van der Waals surface area contributed by atoms with E-state index in [2.05, 4.69) is 4.98 Å². The second-order valence-corrected chi connectivity index (χ2v) is 7.07. The third-order valence-electron chi connectivity index (χ3n) is 5.02. The largest absolute Gasteiger partial charge is 0.377 e. The summed E-state index contributed by atoms with van der Waals surface area (Å²) < 4.78 is 27.9. The van der Waals surface area contributed by atoms with Gasteiger partial charge < -0.3 is 18.9 Å². The lowest BCUT2D eigenvalue weighted by Crippen LogP contribution is -2.49. The average Bonchev–Trinajstić information content (AvgIpc) is 2.96. The number of rotatable bonds is 3. The summed E-state index contributed by atoms with van der Waals surface area (Å²) in [5.74, 6) is -0.0350. The van der Waals surface area contributed by atoms with Crippen LogP contribution in [0.3, 0.4) is 0 Å². The molecule has 0 aromatic carbocycles. The van der Waals surface area contributed by atoms with Gasteiger partial charge in [0.1, 0.15) is 5.60 Å². The topological polar surface area (TPSA) is 56.6 Å². The molecular formula is C16H22FN3O3. The minimum absolute atomic E-state index is 0.348. The van der Waals surface area contributed by atoms with E-state index < -0.39 is 11.3 Å². The molecule has 7 heteroatoms. The SMILES string of the molecule is O=C(N1CCOCC2(CC(Cn3ccnc3)CO2)C1)C1(F)CC1. The van der Waals surface area contributed by atoms with Crippen molar-refractivity contribution in [3.05, 3.63) is 18.7 Å². The van der Waals surface area contributed by atoms with Crippen molar-refractivity contribution in [1.29, 1.82) is 0 Å². The number of alkyl halides is 1. The molecule has 3 aliphatic rings. The van der Waals surface area contributed by atoms with Crippen molar-refractivity contribution in [1.82, 2.24) is 14.5 Å². The van der Waals surface area contributed by atoms with Crippen molar-refractivity contribution >= 4 is 5.91 Å². The van der Waals surface area contributed by atoms with E-state index in [1.807, 2.05) is 10.8 Å². The van der Waals surface area contributed by atoms with Gasteiger partial charge in [0.05, 0.1) is 32.7 Å². The predicted molar refractivity (Wildman–Crippen MR) is 79.5 cm³/mol. The molecule has 2 saturated heterocycles. The lowest BCUT2D eigenvalue weighted by Gasteiger charge is -2.31. The molecule has 0 bridgehead atoms. The van der Waals surface area contributed by atoms with Crippen LogP contribution in [0.5, 0.6) is 0 Å². The highest BCUT2D eigenvalue weighted by atomic mass is 19.1. The highest BCUT2D eigenvalue weighted by Gasteiger charge is 2.54. The zero-order chi connectivity index (χ0) is 15.9. The Hall–Kier alpha value is -1.47. The molecule has 1 aromatic rings. The Morgan fingerprint density at radius 3 is 3.04 bits per heavy atom. The summed E-state index contributed by atoms with van der Waals surface area (Å²) in [7, 11) is 0. The number of hydrogen-bond donors (Lipinski definition) is 0. The highest BCUT2D eigenvalue weighted by molar-refractivity contribution is 5.88. The third kappa shape index (κ3) is 2.99. The number of imidazole rings is 1. The normalized spacial score (nSPS) is 32.9. The monoisotopic (exact) mass is 323 g/mol. The minimum atomic E-state index is -1.62. The molecule has 1 spiro atoms. The van der Waals surface area contributed by atoms with E-state index >= 15 is 0 Å². The Balaban J connectivity index is 1.43. The summed E-state index contributed by atoms with van der Waals surface area (Å²) in [4.78, 5) is 18.0. The summed E-state index contributed by atoms with van der Waals surface area (Å²) in [6.45, 7) is 3.25. The van der Waals surface area contributed by atoms with Crippen molar-refractivity contribution < 1.29 is 18.7 Å². The van der Waals surface area contributed by atoms with Gasteiger partial charge in [-0.1, -0.05) is 0 Å². The first-order chi connectivity index (χ1) is 11.1. The summed E-state index contributed by atoms with van der Waals surface area (Å²) in [6, 6.07) is 0. The molecule has 0 N–H and O–H groups in total. The van der Waals surface area contributed by atoms with Gasteiger partial charge in [-0.05, 0) is 19.3 Å². The summed E-state index contributed by atoms with van der Waals surface area (Å²) >= 11 is 0. The fourth-order valence-electron chi connectivity index (χ4n) is 3.65. The van der Waals surface area contributed by atoms with Crippen molar-refractivity contribution in [2.24, 2.45) is 5.92 Å². The second kappa shape index (κ2) is 5.56. The molecule has 3 fully saturated rings. The molecule has 1 saturated carbocycles. The molecule has 1 aliphatic carbocycles. The van der Waals surface area contributed by atoms with Crippen LogP contribution in [-0.4, -0.2) is 64.5 Å². The van der Waals surface area contributed by atoms with Crippen LogP contribution in [0.25, 0.3) is 0 Å². The molecule has 4 rings (SSSR count). The maximum absolute atomic E-state index is 14.1. The average molecular weight is 323 g/mol. The van der Waals surface area contributed by atoms with Gasteiger partial charge in [-0.3, -0.25) is 4.79 Å². The van der Waals surface area contributed by atoms with Crippen LogP contribution >= 0.6 is 0 Å². The molecular weight excluding hydrogens is 301 g/mol. The lowest BCUT2D eigenvalue weighted by atomic mass is 9.94. The fourth-order valence-corrected chi connectivity index (χ4v) is 3.65. The molecule has 1 aromatic heterocycles. The molecule has 0 radical (unpaired) electrons. The molecule has 2 aliphatic heterocycles. The van der Waals surface area contributed by atoms with Crippen LogP contribution in [0.4, 0.5) is 4.39 Å². The molecule has 1 amide bonds. The van der Waals surface area contributed by atoms with Crippen LogP contribution < -0.4 is 0 Å². The van der Waals surface area contributed by atoms with Crippen molar-refractivity contribution in [3.63, 3.8) is 0 Å². The summed E-state index contributed by atoms with van der Waals surface area (Å²) in [5, 5.41) is 0. The van der Waals surface area contributed by atoms with Gasteiger partial charge in [-0.25, -0.2) is 9.37 Å². The number of carbonyl (C=O) groups excluding carboxylic acids is 1. The standard InChI is InChI=1S/C16H22FN3O3/c17-16(1-2-16)14(21)20-5-6-22-11-15(10-20)7-13(9-23-15)8-19-4-3-18-12-19/h3-4,12-13H,1-2,5-11H2. The molecule has 6 nitrogen and oxygen atoms in total. The van der Waals surface area contributed by atoms with Crippen molar-refractivity contribution in [3.8, 4) is 0 Å². The van der Waals surface area contributed by atoms with Gasteiger partial charge in [-0.15, -0.1) is 0 Å². The lowest BCUT2D eigenvalue weighted by molar-refractivity contribution is -0.141. The van der Waals surface area contributed by atoms with Crippen LogP contribution in [0.2, 0.25) is 0 Å². The number of amides is 1. The smallest absolute Gasteiger partial charge is 0.260 e. The van der Waals surface area contributed by atoms with Gasteiger partial charge in [0.2, 0.25) is 0 Å². The van der Waals surface area contributed by atoms with Gasteiger partial charge in [-0.2, -0.15) is 0 Å². The first kappa shape index (κ1) is 15.1. The quantitative estimate of drug-likeness (QED) is 0.833. The Morgan fingerprint density at radius 2 is 2.30 bits per heavy atom. The van der Waals surface area contributed by atoms with Crippen LogP contribution in [0, 0.1) is 5.92 Å². The zero-order valence-corrected chi connectivity index (χ0v) is 13.1. The minimum Gasteiger partial charge on any atom is -0.377 e. The van der Waals surface area contributed by atoms with E-state index in [4.69, 9.17) is 9.47 Å². The number of halogens is 1. The number of hydrogen-bond acceptors (Lipinski definition) is 4. The maximum Gasteiger partial charge on any atom is 0.260 e. The van der Waals surface area contributed by atoms with Crippen molar-refractivity contribution in [2.45, 2.75) is 37.1 Å². The van der Waals surface area contributed by atoms with E-state index in [-0.39, 0.29) is 5.91 Å². The Bertz CT molecular complexity index is 575. The Kier molecular flexibility index (Phi) is 3.65. The first-order valence-corrected chi connectivity index (χ1v) is 8.24. The molecule has 3 heterocycles. The van der Waals surface area contributed by atoms with Crippen LogP contribution in [-0.2, 0) is 20.8 Å². The summed E-state index contributed by atoms with van der Waals surface area (Å²) in [6.07, 6.45) is 7.00. The van der Waals surface area contributed by atoms with Crippen molar-refractivity contribution in [2.75, 3.05) is 32.9 Å². The van der Waals surface area contributed by atoms with E-state index in [9.17, 15) is 9.18 Å². The number of ether oxygens (including phenoxy) is 2. The number of aromatic nitrogens is 2. The zero-order valence-electron chi connectivity index (χ0n) is 13.1. The van der Waals surface area contributed by atoms with Gasteiger partial charge in [0.25, 0.3) is 5.91 Å². The molecule has 2 unspecified atom stereocenters. The molecule has 2 atom stereocenters. The predicted octanol–water partition coefficient (Wildman–Crippen LogP) is 1.02. The van der Waals surface area contributed by atoms with E-state index in [0.29, 0.717) is 51.7 Å². The van der Waals surface area contributed by atoms with E-state index in [1.54, 1.807) is 17.4 Å². The number of carbonyl (C=O) groups is 1. The first-order valence-electron chi connectivity index (χ1n) is 8.24. The van der Waals surface area contributed by atoms with Crippen LogP contribution in [0.1, 0.15) is 19.3 Å². The Labute approximate surface area is 134 Å². The summed E-state index contributed by atoms with van der Waals surface area (Å²) in [5.41, 5.74) is -2.12. The molecule has 23 heavy (non-hydrogen) atoms. The van der Waals surface area contributed by atoms with Gasteiger partial charge in [0.15, 0.2) is 5.67 Å². The number of nitrogens with zero attached hydrogens (tertiary/aromatic N) is 3. The van der Waals surface area contributed by atoms with Crippen LogP contribution in [0.15, 0.2) is 18.7 Å². The van der Waals surface area contributed by atoms with Gasteiger partial charge in [0, 0.05) is 31.4 Å². The second-order valence-electron chi connectivity index (χ2n) is 7.07. The highest BCUT2D eigenvalue weighted by Crippen LogP contribution is 2.42. The maximum atomic E-state index is 14.1. The fraction of sp³-hybridized carbons (Fsp3) is 0.750. The van der Waals surface area contributed by atoms with Gasteiger partial charge >= 0.3 is 0 Å². The molecule has 126 valence electrons. The van der Waals surface area contributed by atoms with E-state index in [1.165, 1.54) is 0 Å². The Morgan fingerprint density at radius 1 is 1.43 bits per heavy atom. The third-order valence-corrected chi connectivity index (χ3v) is 5.02. The van der Waals surface area contributed by atoms with E-state index in [0.717, 1.165) is 13.0 Å².